The number of nitrogens with one attached hydrogen (secondary N) is 1. The quantitative estimate of drug-likeness (QED) is 0.680. The predicted molar refractivity (Wildman–Crippen MR) is 79.8 cm³/mol. The van der Waals surface area contributed by atoms with Gasteiger partial charge in [0.1, 0.15) is 5.75 Å². The highest BCUT2D eigenvalue weighted by atomic mass is 32.2. The van der Waals surface area contributed by atoms with Crippen LogP contribution in [0, 0.1) is 6.92 Å². The number of benzene rings is 1. The van der Waals surface area contributed by atoms with Crippen molar-refractivity contribution in [3.05, 3.63) is 23.8 Å². The van der Waals surface area contributed by atoms with Crippen molar-refractivity contribution in [2.24, 2.45) is 5.73 Å². The number of nitrogens with two attached hydrogens (primary N) is 1. The van der Waals surface area contributed by atoms with Gasteiger partial charge in [-0.05, 0) is 30.7 Å². The van der Waals surface area contributed by atoms with Gasteiger partial charge in [0.05, 0.1) is 11.4 Å². The molecule has 122 valence electrons. The molecule has 1 aromatic rings. The molecule has 0 aliphatic heterocycles. The Balaban J connectivity index is 2.85. The molecule has 0 aliphatic carbocycles. The molecule has 0 aliphatic rings. The number of ether oxygens (including phenoxy) is 1. The van der Waals surface area contributed by atoms with Crippen molar-refractivity contribution in [1.82, 2.24) is 9.62 Å². The fourth-order valence-electron chi connectivity index (χ4n) is 1.50. The first-order valence-corrected chi connectivity index (χ1v) is 7.83. The Hall–Kier alpha value is -2.13. The zero-order valence-electron chi connectivity index (χ0n) is 12.6. The van der Waals surface area contributed by atoms with Crippen molar-refractivity contribution in [1.29, 1.82) is 0 Å². The van der Waals surface area contributed by atoms with E-state index in [9.17, 15) is 18.0 Å². The highest BCUT2D eigenvalue weighted by Crippen LogP contribution is 2.21. The maximum atomic E-state index is 12.1. The molecular formula is C13H19N3O5S. The molecule has 0 fully saturated rings. The summed E-state index contributed by atoms with van der Waals surface area (Å²) in [7, 11) is -0.737. The SMILES string of the molecule is Cc1cc(S(=O)(=O)NCC(=O)N(C)C)ccc1OCC(N)=O. The number of carbonyl (C=O) groups is 2. The van der Waals surface area contributed by atoms with Gasteiger partial charge in [-0.1, -0.05) is 0 Å². The number of likely N-dealkylation sites (N-methyl/N-ethyl adjacent to an activating group) is 1. The Morgan fingerprint density at radius 1 is 1.32 bits per heavy atom. The van der Waals surface area contributed by atoms with E-state index in [-0.39, 0.29) is 24.0 Å². The van der Waals surface area contributed by atoms with Crippen LogP contribution in [-0.4, -0.2) is 52.4 Å². The molecule has 9 heteroatoms. The van der Waals surface area contributed by atoms with Crippen LogP contribution in [0.1, 0.15) is 5.56 Å². The first-order valence-electron chi connectivity index (χ1n) is 6.35. The minimum atomic E-state index is -3.80. The van der Waals surface area contributed by atoms with Gasteiger partial charge in [-0.3, -0.25) is 9.59 Å². The minimum absolute atomic E-state index is 0.00276. The first kappa shape index (κ1) is 17.9. The van der Waals surface area contributed by atoms with E-state index in [1.165, 1.54) is 37.2 Å². The monoisotopic (exact) mass is 329 g/mol. The summed E-state index contributed by atoms with van der Waals surface area (Å²) in [6.45, 7) is 1.02. The van der Waals surface area contributed by atoms with Crippen LogP contribution in [0.15, 0.2) is 23.1 Å². The summed E-state index contributed by atoms with van der Waals surface area (Å²) in [4.78, 5) is 23.4. The molecular weight excluding hydrogens is 310 g/mol. The van der Waals surface area contributed by atoms with E-state index in [4.69, 9.17) is 10.5 Å². The fourth-order valence-corrected chi connectivity index (χ4v) is 2.56. The molecule has 0 aromatic heterocycles. The molecule has 22 heavy (non-hydrogen) atoms. The average Bonchev–Trinajstić information content (AvgIpc) is 2.43. The third kappa shape index (κ3) is 5.01. The van der Waals surface area contributed by atoms with Crippen molar-refractivity contribution >= 4 is 21.8 Å². The van der Waals surface area contributed by atoms with E-state index in [0.29, 0.717) is 11.3 Å². The Morgan fingerprint density at radius 3 is 2.45 bits per heavy atom. The molecule has 8 nitrogen and oxygen atoms in total. The first-order chi connectivity index (χ1) is 10.1. The summed E-state index contributed by atoms with van der Waals surface area (Å²) in [6.07, 6.45) is 0. The van der Waals surface area contributed by atoms with Crippen LogP contribution in [0.4, 0.5) is 0 Å². The molecule has 1 aromatic carbocycles. The van der Waals surface area contributed by atoms with Crippen LogP contribution < -0.4 is 15.2 Å². The summed E-state index contributed by atoms with van der Waals surface area (Å²) in [6, 6.07) is 4.14. The van der Waals surface area contributed by atoms with Crippen molar-refractivity contribution < 1.29 is 22.7 Å². The van der Waals surface area contributed by atoms with Gasteiger partial charge < -0.3 is 15.4 Å². The van der Waals surface area contributed by atoms with Crippen LogP contribution in [0.25, 0.3) is 0 Å². The number of hydrogen-bond acceptors (Lipinski definition) is 5. The topological polar surface area (TPSA) is 119 Å². The second-order valence-corrected chi connectivity index (χ2v) is 6.56. The van der Waals surface area contributed by atoms with Gasteiger partial charge in [0.15, 0.2) is 6.61 Å². The lowest BCUT2D eigenvalue weighted by atomic mass is 10.2. The molecule has 3 N–H and O–H groups in total. The van der Waals surface area contributed by atoms with Gasteiger partial charge in [0, 0.05) is 14.1 Å². The molecule has 0 spiro atoms. The van der Waals surface area contributed by atoms with Crippen LogP contribution >= 0.6 is 0 Å². The summed E-state index contributed by atoms with van der Waals surface area (Å²) >= 11 is 0. The van der Waals surface area contributed by atoms with Crippen molar-refractivity contribution in [2.45, 2.75) is 11.8 Å². The van der Waals surface area contributed by atoms with Gasteiger partial charge >= 0.3 is 0 Å². The zero-order valence-corrected chi connectivity index (χ0v) is 13.4. The summed E-state index contributed by atoms with van der Waals surface area (Å²) in [5, 5.41) is 0. The van der Waals surface area contributed by atoms with E-state index in [0.717, 1.165) is 0 Å². The fraction of sp³-hybridized carbons (Fsp3) is 0.385. The minimum Gasteiger partial charge on any atom is -0.484 e. The van der Waals surface area contributed by atoms with E-state index in [1.807, 2.05) is 0 Å². The van der Waals surface area contributed by atoms with Gasteiger partial charge in [0.25, 0.3) is 5.91 Å². The van der Waals surface area contributed by atoms with Crippen molar-refractivity contribution in [3.63, 3.8) is 0 Å². The van der Waals surface area contributed by atoms with Crippen LogP contribution in [0.3, 0.4) is 0 Å². The van der Waals surface area contributed by atoms with Gasteiger partial charge in [-0.15, -0.1) is 0 Å². The molecule has 0 bridgehead atoms. The second kappa shape index (κ2) is 7.23. The van der Waals surface area contributed by atoms with Crippen molar-refractivity contribution in [2.75, 3.05) is 27.2 Å². The summed E-state index contributed by atoms with van der Waals surface area (Å²) in [5.74, 6) is -0.621. The number of amides is 2. The molecule has 0 atom stereocenters. The highest BCUT2D eigenvalue weighted by molar-refractivity contribution is 7.89. The number of nitrogens with zero attached hydrogens (tertiary/aromatic N) is 1. The van der Waals surface area contributed by atoms with E-state index < -0.39 is 15.9 Å². The van der Waals surface area contributed by atoms with E-state index in [2.05, 4.69) is 4.72 Å². The van der Waals surface area contributed by atoms with Crippen LogP contribution in [-0.2, 0) is 19.6 Å². The predicted octanol–water partition coefficient (Wildman–Crippen LogP) is -0.774. The lowest BCUT2D eigenvalue weighted by molar-refractivity contribution is -0.127. The maximum absolute atomic E-state index is 12.1. The maximum Gasteiger partial charge on any atom is 0.255 e. The van der Waals surface area contributed by atoms with Crippen molar-refractivity contribution in [3.8, 4) is 5.75 Å². The highest BCUT2D eigenvalue weighted by Gasteiger charge is 2.17. The number of carbonyl (C=O) groups excluding carboxylic acids is 2. The molecule has 2 amide bonds. The van der Waals surface area contributed by atoms with Crippen LogP contribution in [0.5, 0.6) is 5.75 Å². The Morgan fingerprint density at radius 2 is 1.95 bits per heavy atom. The Kier molecular flexibility index (Phi) is 5.89. The Bertz CT molecular complexity index is 670. The van der Waals surface area contributed by atoms with Gasteiger partial charge in [-0.25, -0.2) is 13.1 Å². The smallest absolute Gasteiger partial charge is 0.255 e. The zero-order chi connectivity index (χ0) is 16.9. The second-order valence-electron chi connectivity index (χ2n) is 4.80. The number of aryl methyl sites for hydroxylation is 1. The van der Waals surface area contributed by atoms with E-state index in [1.54, 1.807) is 6.92 Å². The standard InChI is InChI=1S/C13H19N3O5S/c1-9-6-10(4-5-11(9)21-8-12(14)17)22(19,20)15-7-13(18)16(2)3/h4-6,15H,7-8H2,1-3H3,(H2,14,17). The number of rotatable bonds is 7. The number of hydrogen-bond donors (Lipinski definition) is 2. The van der Waals surface area contributed by atoms with Crippen LogP contribution in [0.2, 0.25) is 0 Å². The normalized spacial score (nSPS) is 11.0. The number of primary amides is 1. The molecule has 0 radical (unpaired) electrons. The largest absolute Gasteiger partial charge is 0.484 e. The summed E-state index contributed by atoms with van der Waals surface area (Å²) in [5.41, 5.74) is 5.51. The lowest BCUT2D eigenvalue weighted by Gasteiger charge is -2.13. The van der Waals surface area contributed by atoms with Gasteiger partial charge in [0.2, 0.25) is 15.9 Å². The third-order valence-corrected chi connectivity index (χ3v) is 4.14. The molecule has 0 saturated heterocycles. The van der Waals surface area contributed by atoms with Gasteiger partial charge in [-0.2, -0.15) is 0 Å². The Labute approximate surface area is 129 Å². The molecule has 0 unspecified atom stereocenters. The van der Waals surface area contributed by atoms with E-state index >= 15 is 0 Å². The summed E-state index contributed by atoms with van der Waals surface area (Å²) < 4.78 is 31.5. The third-order valence-electron chi connectivity index (χ3n) is 2.74. The molecule has 0 saturated carbocycles. The number of sulfonamides is 1. The lowest BCUT2D eigenvalue weighted by Crippen LogP contribution is -2.36. The molecule has 1 rings (SSSR count). The average molecular weight is 329 g/mol. The molecule has 0 heterocycles.